The zero-order valence-electron chi connectivity index (χ0n) is 11.2. The van der Waals surface area contributed by atoms with Gasteiger partial charge >= 0.3 is 0 Å². The lowest BCUT2D eigenvalue weighted by Gasteiger charge is -2.24. The molecule has 0 fully saturated rings. The SMILES string of the molecule is C=CCOCCCC(=O)N[C@@H]1CCc2nccn2C1. The van der Waals surface area contributed by atoms with Gasteiger partial charge in [0, 0.05) is 44.4 Å². The van der Waals surface area contributed by atoms with Crippen molar-refractivity contribution in [3.05, 3.63) is 30.9 Å². The minimum Gasteiger partial charge on any atom is -0.377 e. The zero-order chi connectivity index (χ0) is 13.5. The highest BCUT2D eigenvalue weighted by Crippen LogP contribution is 2.13. The van der Waals surface area contributed by atoms with Crippen LogP contribution in [0, 0.1) is 0 Å². The minimum atomic E-state index is 0.107. The van der Waals surface area contributed by atoms with Gasteiger partial charge in [0.1, 0.15) is 5.82 Å². The third kappa shape index (κ3) is 4.21. The van der Waals surface area contributed by atoms with E-state index in [1.807, 2.05) is 12.4 Å². The van der Waals surface area contributed by atoms with Crippen LogP contribution in [0.1, 0.15) is 25.1 Å². The molecule has 2 rings (SSSR count). The fraction of sp³-hybridized carbons (Fsp3) is 0.571. The normalized spacial score (nSPS) is 17.8. The molecule has 1 atom stereocenters. The van der Waals surface area contributed by atoms with Crippen LogP contribution in [0.4, 0.5) is 0 Å². The molecule has 5 nitrogen and oxygen atoms in total. The number of imidazole rings is 1. The maximum atomic E-state index is 11.8. The summed E-state index contributed by atoms with van der Waals surface area (Å²) in [5, 5.41) is 3.08. The van der Waals surface area contributed by atoms with E-state index in [-0.39, 0.29) is 11.9 Å². The topological polar surface area (TPSA) is 56.1 Å². The van der Waals surface area contributed by atoms with Gasteiger partial charge in [-0.1, -0.05) is 6.08 Å². The number of amides is 1. The lowest BCUT2D eigenvalue weighted by molar-refractivity contribution is -0.122. The molecule has 1 amide bonds. The van der Waals surface area contributed by atoms with Gasteiger partial charge in [0.15, 0.2) is 0 Å². The molecule has 1 aromatic heterocycles. The highest BCUT2D eigenvalue weighted by atomic mass is 16.5. The van der Waals surface area contributed by atoms with Gasteiger partial charge in [-0.15, -0.1) is 6.58 Å². The fourth-order valence-corrected chi connectivity index (χ4v) is 2.29. The summed E-state index contributed by atoms with van der Waals surface area (Å²) >= 11 is 0. The second-order valence-corrected chi connectivity index (χ2v) is 4.77. The first-order valence-corrected chi connectivity index (χ1v) is 6.77. The minimum absolute atomic E-state index is 0.107. The average Bonchev–Trinajstić information content (AvgIpc) is 2.86. The van der Waals surface area contributed by atoms with E-state index in [9.17, 15) is 4.79 Å². The highest BCUT2D eigenvalue weighted by Gasteiger charge is 2.19. The molecular formula is C14H21N3O2. The van der Waals surface area contributed by atoms with Gasteiger partial charge in [-0.2, -0.15) is 0 Å². The number of ether oxygens (including phenoxy) is 1. The van der Waals surface area contributed by atoms with Crippen LogP contribution < -0.4 is 5.32 Å². The quantitative estimate of drug-likeness (QED) is 0.596. The van der Waals surface area contributed by atoms with Crippen molar-refractivity contribution in [3.63, 3.8) is 0 Å². The van der Waals surface area contributed by atoms with Crippen LogP contribution >= 0.6 is 0 Å². The second kappa shape index (κ2) is 7.09. The van der Waals surface area contributed by atoms with Crippen LogP contribution in [0.5, 0.6) is 0 Å². The number of nitrogens with zero attached hydrogens (tertiary/aromatic N) is 2. The van der Waals surface area contributed by atoms with Gasteiger partial charge < -0.3 is 14.6 Å². The van der Waals surface area contributed by atoms with E-state index in [4.69, 9.17) is 4.74 Å². The van der Waals surface area contributed by atoms with Crippen molar-refractivity contribution in [1.82, 2.24) is 14.9 Å². The standard InChI is InChI=1S/C14H21N3O2/c1-2-9-19-10-3-4-14(18)16-12-5-6-13-15-7-8-17(13)11-12/h2,7-8,12H,1,3-6,9-11H2,(H,16,18)/t12-/m1/s1. The highest BCUT2D eigenvalue weighted by molar-refractivity contribution is 5.76. The smallest absolute Gasteiger partial charge is 0.220 e. The lowest BCUT2D eigenvalue weighted by Crippen LogP contribution is -2.40. The molecular weight excluding hydrogens is 242 g/mol. The average molecular weight is 263 g/mol. The molecule has 1 aliphatic rings. The first-order valence-electron chi connectivity index (χ1n) is 6.77. The number of carbonyl (C=O) groups excluding carboxylic acids is 1. The summed E-state index contributed by atoms with van der Waals surface area (Å²) in [5.41, 5.74) is 0. The van der Waals surface area contributed by atoms with Gasteiger partial charge in [0.2, 0.25) is 5.91 Å². The Kier molecular flexibility index (Phi) is 5.15. The van der Waals surface area contributed by atoms with E-state index in [1.165, 1.54) is 0 Å². The summed E-state index contributed by atoms with van der Waals surface area (Å²) < 4.78 is 7.36. The largest absolute Gasteiger partial charge is 0.377 e. The van der Waals surface area contributed by atoms with Crippen LogP contribution in [0.15, 0.2) is 25.0 Å². The molecule has 0 radical (unpaired) electrons. The maximum Gasteiger partial charge on any atom is 0.220 e. The van der Waals surface area contributed by atoms with Crippen LogP contribution in [-0.2, 0) is 22.5 Å². The number of hydrogen-bond acceptors (Lipinski definition) is 3. The number of aryl methyl sites for hydroxylation is 1. The maximum absolute atomic E-state index is 11.8. The van der Waals surface area contributed by atoms with Gasteiger partial charge in [0.25, 0.3) is 0 Å². The monoisotopic (exact) mass is 263 g/mol. The number of rotatable bonds is 7. The summed E-state index contributed by atoms with van der Waals surface area (Å²) in [4.78, 5) is 16.1. The van der Waals surface area contributed by atoms with Gasteiger partial charge in [-0.25, -0.2) is 4.98 Å². The van der Waals surface area contributed by atoms with Gasteiger partial charge in [-0.3, -0.25) is 4.79 Å². The van der Waals surface area contributed by atoms with Crippen molar-refractivity contribution in [2.75, 3.05) is 13.2 Å². The zero-order valence-corrected chi connectivity index (χ0v) is 11.2. The molecule has 1 aliphatic heterocycles. The van der Waals surface area contributed by atoms with Crippen LogP contribution in [0.3, 0.4) is 0 Å². The first kappa shape index (κ1) is 13.8. The van der Waals surface area contributed by atoms with Crippen molar-refractivity contribution in [2.45, 2.75) is 38.3 Å². The van der Waals surface area contributed by atoms with E-state index in [2.05, 4.69) is 21.4 Å². The fourth-order valence-electron chi connectivity index (χ4n) is 2.29. The van der Waals surface area contributed by atoms with E-state index in [0.717, 1.165) is 31.6 Å². The molecule has 19 heavy (non-hydrogen) atoms. The van der Waals surface area contributed by atoms with E-state index in [0.29, 0.717) is 19.6 Å². The predicted molar refractivity (Wildman–Crippen MR) is 72.7 cm³/mol. The third-order valence-corrected chi connectivity index (χ3v) is 3.23. The Balaban J connectivity index is 1.65. The molecule has 0 bridgehead atoms. The summed E-state index contributed by atoms with van der Waals surface area (Å²) in [5.74, 6) is 1.22. The van der Waals surface area contributed by atoms with E-state index < -0.39 is 0 Å². The molecule has 1 aromatic rings. The molecule has 1 N–H and O–H groups in total. The molecule has 0 spiro atoms. The van der Waals surface area contributed by atoms with Crippen molar-refractivity contribution < 1.29 is 9.53 Å². The second-order valence-electron chi connectivity index (χ2n) is 4.77. The Morgan fingerprint density at radius 2 is 2.58 bits per heavy atom. The molecule has 2 heterocycles. The predicted octanol–water partition coefficient (Wildman–Crippen LogP) is 1.30. The number of hydrogen-bond donors (Lipinski definition) is 1. The van der Waals surface area contributed by atoms with Crippen molar-refractivity contribution in [2.24, 2.45) is 0 Å². The van der Waals surface area contributed by atoms with Crippen molar-refractivity contribution in [1.29, 1.82) is 0 Å². The van der Waals surface area contributed by atoms with Gasteiger partial charge in [-0.05, 0) is 12.8 Å². The van der Waals surface area contributed by atoms with Crippen molar-refractivity contribution >= 4 is 5.91 Å². The molecule has 0 aliphatic carbocycles. The number of nitrogens with one attached hydrogen (secondary N) is 1. The Hall–Kier alpha value is -1.62. The Bertz CT molecular complexity index is 428. The number of carbonyl (C=O) groups is 1. The lowest BCUT2D eigenvalue weighted by atomic mass is 10.1. The van der Waals surface area contributed by atoms with E-state index in [1.54, 1.807) is 6.08 Å². The Morgan fingerprint density at radius 1 is 1.68 bits per heavy atom. The third-order valence-electron chi connectivity index (χ3n) is 3.23. The number of aromatic nitrogens is 2. The van der Waals surface area contributed by atoms with Crippen LogP contribution in [0.25, 0.3) is 0 Å². The molecule has 0 unspecified atom stereocenters. The first-order chi connectivity index (χ1) is 9.29. The molecule has 5 heteroatoms. The van der Waals surface area contributed by atoms with Crippen LogP contribution in [0.2, 0.25) is 0 Å². The van der Waals surface area contributed by atoms with Crippen molar-refractivity contribution in [3.8, 4) is 0 Å². The number of fused-ring (bicyclic) bond motifs is 1. The summed E-state index contributed by atoms with van der Waals surface area (Å²) in [6.07, 6.45) is 8.67. The van der Waals surface area contributed by atoms with Gasteiger partial charge in [0.05, 0.1) is 6.61 Å². The summed E-state index contributed by atoms with van der Waals surface area (Å²) in [6.45, 7) is 5.56. The van der Waals surface area contributed by atoms with Crippen LogP contribution in [-0.4, -0.2) is 34.7 Å². The molecule has 0 saturated carbocycles. The molecule has 104 valence electrons. The Morgan fingerprint density at radius 3 is 3.42 bits per heavy atom. The summed E-state index contributed by atoms with van der Waals surface area (Å²) in [6, 6.07) is 0.225. The molecule has 0 saturated heterocycles. The summed E-state index contributed by atoms with van der Waals surface area (Å²) in [7, 11) is 0. The Labute approximate surface area is 113 Å². The van der Waals surface area contributed by atoms with E-state index >= 15 is 0 Å². The molecule has 0 aromatic carbocycles.